The summed E-state index contributed by atoms with van der Waals surface area (Å²) in [6.45, 7) is 8.76. The minimum absolute atomic E-state index is 0.0911. The predicted molar refractivity (Wildman–Crippen MR) is 157 cm³/mol. The summed E-state index contributed by atoms with van der Waals surface area (Å²) >= 11 is 0. The Morgan fingerprint density at radius 3 is 2.22 bits per heavy atom. The fourth-order valence-corrected chi connectivity index (χ4v) is 5.35. The number of aryl methyl sites for hydroxylation is 1. The maximum atomic E-state index is 13.3. The van der Waals surface area contributed by atoms with Crippen LogP contribution in [0.3, 0.4) is 0 Å². The Kier molecular flexibility index (Phi) is 9.68. The van der Waals surface area contributed by atoms with Crippen molar-refractivity contribution in [2.75, 3.05) is 25.0 Å². The predicted octanol–water partition coefficient (Wildman–Crippen LogP) is 4.30. The monoisotopic (exact) mass is 562 g/mol. The summed E-state index contributed by atoms with van der Waals surface area (Å²) in [5.41, 5.74) is 2.08. The molecule has 41 heavy (non-hydrogen) atoms. The minimum atomic E-state index is -0.744. The van der Waals surface area contributed by atoms with Crippen molar-refractivity contribution < 1.29 is 23.9 Å². The molecule has 0 saturated carbocycles. The zero-order valence-electron chi connectivity index (χ0n) is 24.5. The first-order valence-electron chi connectivity index (χ1n) is 14.5. The van der Waals surface area contributed by atoms with Gasteiger partial charge in [0.2, 0.25) is 17.7 Å². The van der Waals surface area contributed by atoms with E-state index in [1.165, 1.54) is 4.90 Å². The third kappa shape index (κ3) is 8.31. The van der Waals surface area contributed by atoms with Crippen LogP contribution in [0.25, 0.3) is 0 Å². The van der Waals surface area contributed by atoms with E-state index in [1.54, 1.807) is 4.90 Å². The lowest BCUT2D eigenvalue weighted by atomic mass is 9.94. The number of amides is 4. The molecule has 2 saturated heterocycles. The highest BCUT2D eigenvalue weighted by Crippen LogP contribution is 2.25. The molecule has 0 spiro atoms. The molecule has 4 rings (SSSR count). The van der Waals surface area contributed by atoms with Gasteiger partial charge in [-0.25, -0.2) is 4.79 Å². The maximum Gasteiger partial charge on any atom is 0.410 e. The van der Waals surface area contributed by atoms with E-state index in [-0.39, 0.29) is 23.6 Å². The second-order valence-electron chi connectivity index (χ2n) is 12.0. The number of ether oxygens (including phenoxy) is 1. The number of piperidine rings is 1. The van der Waals surface area contributed by atoms with Gasteiger partial charge in [-0.2, -0.15) is 0 Å². The van der Waals surface area contributed by atoms with Gasteiger partial charge in [0.1, 0.15) is 17.7 Å². The quantitative estimate of drug-likeness (QED) is 0.523. The number of hydrogen-bond acceptors (Lipinski definition) is 5. The van der Waals surface area contributed by atoms with Gasteiger partial charge in [-0.05, 0) is 71.1 Å². The smallest absolute Gasteiger partial charge is 0.410 e. The highest BCUT2D eigenvalue weighted by Gasteiger charge is 2.40. The standard InChI is InChI=1S/C32H42N4O5/c1-22-12-14-25(15-13-22)33-29(38)26(21-23-9-6-5-7-10-23)34-28(37)24-16-19-35(20-17-24)30(39)27-11-8-18-36(27)31(40)41-32(2,3)4/h5-7,9-10,12-15,24,26-27H,8,11,16-21H2,1-4H3,(H,33,38)(H,34,37). The number of nitrogens with one attached hydrogen (secondary N) is 2. The van der Waals surface area contributed by atoms with Crippen LogP contribution in [0.5, 0.6) is 0 Å². The maximum absolute atomic E-state index is 13.3. The van der Waals surface area contributed by atoms with Crippen molar-refractivity contribution in [2.45, 2.75) is 77.5 Å². The molecule has 0 aromatic heterocycles. The van der Waals surface area contributed by atoms with Crippen molar-refractivity contribution in [1.29, 1.82) is 0 Å². The summed E-state index contributed by atoms with van der Waals surface area (Å²) in [5.74, 6) is -0.864. The van der Waals surface area contributed by atoms with Crippen LogP contribution in [-0.4, -0.2) is 70.9 Å². The average molecular weight is 563 g/mol. The first-order valence-corrected chi connectivity index (χ1v) is 14.5. The number of benzene rings is 2. The second kappa shape index (κ2) is 13.2. The molecule has 2 aliphatic heterocycles. The molecule has 2 aromatic carbocycles. The normalized spacial score (nSPS) is 18.5. The van der Waals surface area contributed by atoms with E-state index in [2.05, 4.69) is 10.6 Å². The molecule has 220 valence electrons. The summed E-state index contributed by atoms with van der Waals surface area (Å²) in [7, 11) is 0. The van der Waals surface area contributed by atoms with Gasteiger partial charge in [0.15, 0.2) is 0 Å². The molecule has 4 amide bonds. The zero-order valence-corrected chi connectivity index (χ0v) is 24.5. The third-order valence-corrected chi connectivity index (χ3v) is 7.58. The van der Waals surface area contributed by atoms with Crippen LogP contribution in [0, 0.1) is 12.8 Å². The number of likely N-dealkylation sites (tertiary alicyclic amines) is 2. The van der Waals surface area contributed by atoms with Gasteiger partial charge >= 0.3 is 6.09 Å². The van der Waals surface area contributed by atoms with Crippen molar-refractivity contribution in [3.63, 3.8) is 0 Å². The van der Waals surface area contributed by atoms with Crippen molar-refractivity contribution in [1.82, 2.24) is 15.1 Å². The minimum Gasteiger partial charge on any atom is -0.444 e. The molecule has 9 heteroatoms. The van der Waals surface area contributed by atoms with Gasteiger partial charge in [-0.1, -0.05) is 48.0 Å². The number of anilines is 1. The number of rotatable bonds is 7. The van der Waals surface area contributed by atoms with E-state index in [9.17, 15) is 19.2 Å². The molecule has 0 bridgehead atoms. The number of nitrogens with zero attached hydrogens (tertiary/aromatic N) is 2. The van der Waals surface area contributed by atoms with E-state index < -0.39 is 23.8 Å². The van der Waals surface area contributed by atoms with Crippen LogP contribution in [0.1, 0.15) is 57.6 Å². The van der Waals surface area contributed by atoms with Crippen molar-refractivity contribution in [3.8, 4) is 0 Å². The molecule has 2 heterocycles. The molecule has 2 fully saturated rings. The Morgan fingerprint density at radius 1 is 0.927 bits per heavy atom. The molecule has 2 aromatic rings. The number of carbonyl (C=O) groups excluding carboxylic acids is 4. The topological polar surface area (TPSA) is 108 Å². The van der Waals surface area contributed by atoms with Gasteiger partial charge in [0.05, 0.1) is 0 Å². The lowest BCUT2D eigenvalue weighted by Crippen LogP contribution is -2.53. The van der Waals surface area contributed by atoms with Crippen molar-refractivity contribution in [2.24, 2.45) is 5.92 Å². The SMILES string of the molecule is Cc1ccc(NC(=O)C(Cc2ccccc2)NC(=O)C2CCN(C(=O)C3CCCN3C(=O)OC(C)(C)C)CC2)cc1. The molecule has 0 radical (unpaired) electrons. The molecule has 2 atom stereocenters. The van der Waals surface area contributed by atoms with E-state index in [0.29, 0.717) is 51.0 Å². The van der Waals surface area contributed by atoms with Crippen LogP contribution in [0.15, 0.2) is 54.6 Å². The van der Waals surface area contributed by atoms with Crippen molar-refractivity contribution in [3.05, 3.63) is 65.7 Å². The molecular weight excluding hydrogens is 520 g/mol. The van der Waals surface area contributed by atoms with Gasteiger partial charge in [0.25, 0.3) is 0 Å². The Morgan fingerprint density at radius 2 is 1.59 bits per heavy atom. The zero-order chi connectivity index (χ0) is 29.6. The van der Waals surface area contributed by atoms with Gasteiger partial charge < -0.3 is 20.3 Å². The largest absolute Gasteiger partial charge is 0.444 e. The van der Waals surface area contributed by atoms with E-state index >= 15 is 0 Å². The fourth-order valence-electron chi connectivity index (χ4n) is 5.35. The molecule has 2 N–H and O–H groups in total. The highest BCUT2D eigenvalue weighted by atomic mass is 16.6. The van der Waals surface area contributed by atoms with Gasteiger partial charge in [0, 0.05) is 37.7 Å². The van der Waals surface area contributed by atoms with Crippen LogP contribution >= 0.6 is 0 Å². The van der Waals surface area contributed by atoms with Crippen LogP contribution in [0.2, 0.25) is 0 Å². The summed E-state index contributed by atoms with van der Waals surface area (Å²) in [6, 6.07) is 15.9. The summed E-state index contributed by atoms with van der Waals surface area (Å²) in [6.07, 6.45) is 2.25. The van der Waals surface area contributed by atoms with Crippen molar-refractivity contribution >= 4 is 29.5 Å². The third-order valence-electron chi connectivity index (χ3n) is 7.58. The highest BCUT2D eigenvalue weighted by molar-refractivity contribution is 5.97. The number of hydrogen-bond donors (Lipinski definition) is 2. The first-order chi connectivity index (χ1) is 19.5. The van der Waals surface area contributed by atoms with E-state index in [0.717, 1.165) is 17.5 Å². The Balaban J connectivity index is 1.35. The molecule has 2 aliphatic rings. The van der Waals surface area contributed by atoms with Crippen LogP contribution in [0.4, 0.5) is 10.5 Å². The Hall–Kier alpha value is -3.88. The lowest BCUT2D eigenvalue weighted by Gasteiger charge is -2.35. The lowest BCUT2D eigenvalue weighted by molar-refractivity contribution is -0.139. The Bertz CT molecular complexity index is 1220. The van der Waals surface area contributed by atoms with Crippen LogP contribution in [-0.2, 0) is 25.5 Å². The summed E-state index contributed by atoms with van der Waals surface area (Å²) < 4.78 is 5.51. The molecule has 9 nitrogen and oxygen atoms in total. The van der Waals surface area contributed by atoms with Crippen LogP contribution < -0.4 is 10.6 Å². The molecule has 0 aliphatic carbocycles. The van der Waals surface area contributed by atoms with E-state index in [1.807, 2.05) is 82.3 Å². The summed E-state index contributed by atoms with van der Waals surface area (Å²) in [5, 5.41) is 5.91. The fraction of sp³-hybridized carbons (Fsp3) is 0.500. The first kappa shape index (κ1) is 30.1. The van der Waals surface area contributed by atoms with Gasteiger partial charge in [-0.15, -0.1) is 0 Å². The second-order valence-corrected chi connectivity index (χ2v) is 12.0. The number of carbonyl (C=O) groups is 4. The molecule has 2 unspecified atom stereocenters. The Labute approximate surface area is 242 Å². The average Bonchev–Trinajstić information content (AvgIpc) is 3.44. The summed E-state index contributed by atoms with van der Waals surface area (Å²) in [4.78, 5) is 55.9. The van der Waals surface area contributed by atoms with Gasteiger partial charge in [-0.3, -0.25) is 19.3 Å². The molecular formula is C32H42N4O5. The van der Waals surface area contributed by atoms with E-state index in [4.69, 9.17) is 4.74 Å².